The Labute approximate surface area is 81.2 Å². The van der Waals surface area contributed by atoms with E-state index in [1.54, 1.807) is 6.20 Å². The lowest BCUT2D eigenvalue weighted by Crippen LogP contribution is -2.39. The molecule has 1 aromatic rings. The van der Waals surface area contributed by atoms with Crippen molar-refractivity contribution in [3.8, 4) is 0 Å². The summed E-state index contributed by atoms with van der Waals surface area (Å²) in [6.45, 7) is 2.36. The molecule has 0 unspecified atom stereocenters. The van der Waals surface area contributed by atoms with Crippen LogP contribution >= 0.6 is 11.3 Å². The maximum atomic E-state index is 11.2. The van der Waals surface area contributed by atoms with E-state index in [9.17, 15) is 4.79 Å². The van der Waals surface area contributed by atoms with E-state index in [1.807, 2.05) is 12.3 Å². The molecule has 1 rings (SSSR count). The Morgan fingerprint density at radius 1 is 1.85 bits per heavy atom. The molecule has 0 bridgehead atoms. The van der Waals surface area contributed by atoms with Gasteiger partial charge in [0.15, 0.2) is 0 Å². The Balaban J connectivity index is 2.31. The second-order valence-corrected chi connectivity index (χ2v) is 3.64. The molecule has 72 valence electrons. The van der Waals surface area contributed by atoms with E-state index in [0.29, 0.717) is 13.0 Å². The van der Waals surface area contributed by atoms with Crippen LogP contribution < -0.4 is 11.1 Å². The van der Waals surface area contributed by atoms with Crippen LogP contribution in [0.15, 0.2) is 11.6 Å². The minimum atomic E-state index is -0.403. The molecular formula is C8H13N3OS. The Bertz CT molecular complexity index is 260. The third-order valence-electron chi connectivity index (χ3n) is 1.67. The number of amides is 1. The Kier molecular flexibility index (Phi) is 3.85. The van der Waals surface area contributed by atoms with Crippen molar-refractivity contribution < 1.29 is 4.79 Å². The van der Waals surface area contributed by atoms with Crippen LogP contribution in [0.25, 0.3) is 0 Å². The number of nitrogens with one attached hydrogen (secondary N) is 1. The highest BCUT2D eigenvalue weighted by atomic mass is 32.1. The molecule has 0 saturated carbocycles. The van der Waals surface area contributed by atoms with E-state index in [0.717, 1.165) is 5.01 Å². The van der Waals surface area contributed by atoms with Gasteiger partial charge in [-0.1, -0.05) is 6.92 Å². The van der Waals surface area contributed by atoms with Crippen LogP contribution in [-0.4, -0.2) is 16.9 Å². The van der Waals surface area contributed by atoms with E-state index in [-0.39, 0.29) is 5.91 Å². The number of thiazole rings is 1. The van der Waals surface area contributed by atoms with Crippen molar-refractivity contribution in [3.05, 3.63) is 16.6 Å². The highest BCUT2D eigenvalue weighted by molar-refractivity contribution is 7.09. The molecular weight excluding hydrogens is 186 g/mol. The fourth-order valence-corrected chi connectivity index (χ4v) is 1.38. The van der Waals surface area contributed by atoms with Crippen LogP contribution in [0, 0.1) is 0 Å². The number of hydrogen-bond acceptors (Lipinski definition) is 4. The van der Waals surface area contributed by atoms with Crippen LogP contribution in [0.2, 0.25) is 0 Å². The summed E-state index contributed by atoms with van der Waals surface area (Å²) in [7, 11) is 0. The van der Waals surface area contributed by atoms with E-state index < -0.39 is 6.04 Å². The van der Waals surface area contributed by atoms with Crippen molar-refractivity contribution in [3.63, 3.8) is 0 Å². The molecule has 0 fully saturated rings. The van der Waals surface area contributed by atoms with Gasteiger partial charge in [-0.2, -0.15) is 0 Å². The first kappa shape index (κ1) is 10.1. The van der Waals surface area contributed by atoms with Gasteiger partial charge in [-0.25, -0.2) is 4.98 Å². The number of carbonyl (C=O) groups is 1. The highest BCUT2D eigenvalue weighted by Crippen LogP contribution is 2.02. The van der Waals surface area contributed by atoms with Gasteiger partial charge in [0.25, 0.3) is 0 Å². The number of nitrogens with two attached hydrogens (primary N) is 1. The summed E-state index contributed by atoms with van der Waals surface area (Å²) >= 11 is 1.52. The quantitative estimate of drug-likeness (QED) is 0.742. The average Bonchev–Trinajstić information content (AvgIpc) is 2.65. The van der Waals surface area contributed by atoms with Gasteiger partial charge in [0.05, 0.1) is 12.6 Å². The lowest BCUT2D eigenvalue weighted by atomic mass is 10.2. The Hall–Kier alpha value is -0.940. The average molecular weight is 199 g/mol. The molecule has 0 radical (unpaired) electrons. The van der Waals surface area contributed by atoms with Gasteiger partial charge in [-0.05, 0) is 6.42 Å². The third-order valence-corrected chi connectivity index (χ3v) is 2.45. The lowest BCUT2D eigenvalue weighted by molar-refractivity contribution is -0.122. The van der Waals surface area contributed by atoms with E-state index in [1.165, 1.54) is 11.3 Å². The molecule has 4 nitrogen and oxygen atoms in total. The normalized spacial score (nSPS) is 12.5. The fourth-order valence-electron chi connectivity index (χ4n) is 0.819. The van der Waals surface area contributed by atoms with Gasteiger partial charge in [0.1, 0.15) is 5.01 Å². The number of nitrogens with zero attached hydrogens (tertiary/aromatic N) is 1. The smallest absolute Gasteiger partial charge is 0.237 e. The van der Waals surface area contributed by atoms with Gasteiger partial charge >= 0.3 is 0 Å². The summed E-state index contributed by atoms with van der Waals surface area (Å²) in [6, 6.07) is -0.403. The van der Waals surface area contributed by atoms with Crippen molar-refractivity contribution in [1.82, 2.24) is 10.3 Å². The summed E-state index contributed by atoms with van der Waals surface area (Å²) in [5, 5.41) is 5.50. The van der Waals surface area contributed by atoms with Crippen LogP contribution in [-0.2, 0) is 11.3 Å². The van der Waals surface area contributed by atoms with Crippen molar-refractivity contribution in [1.29, 1.82) is 0 Å². The van der Waals surface area contributed by atoms with Crippen molar-refractivity contribution >= 4 is 17.2 Å². The van der Waals surface area contributed by atoms with Crippen LogP contribution in [0.3, 0.4) is 0 Å². The lowest BCUT2D eigenvalue weighted by Gasteiger charge is -2.07. The number of carbonyl (C=O) groups excluding carboxylic acids is 1. The zero-order valence-corrected chi connectivity index (χ0v) is 8.30. The molecule has 5 heteroatoms. The van der Waals surface area contributed by atoms with Crippen LogP contribution in [0.5, 0.6) is 0 Å². The largest absolute Gasteiger partial charge is 0.348 e. The second kappa shape index (κ2) is 4.94. The molecule has 3 N–H and O–H groups in total. The molecule has 1 amide bonds. The molecule has 0 aliphatic heterocycles. The van der Waals surface area contributed by atoms with Crippen LogP contribution in [0.4, 0.5) is 0 Å². The number of hydrogen-bond donors (Lipinski definition) is 2. The van der Waals surface area contributed by atoms with Crippen LogP contribution in [0.1, 0.15) is 18.4 Å². The summed E-state index contributed by atoms with van der Waals surface area (Å²) in [5.74, 6) is -0.113. The first-order chi connectivity index (χ1) is 6.24. The maximum Gasteiger partial charge on any atom is 0.237 e. The monoisotopic (exact) mass is 199 g/mol. The summed E-state index contributed by atoms with van der Waals surface area (Å²) in [4.78, 5) is 15.2. The molecule has 0 aromatic carbocycles. The van der Waals surface area contributed by atoms with E-state index in [2.05, 4.69) is 10.3 Å². The standard InChI is InChI=1S/C8H13N3OS/c1-2-6(9)8(12)11-5-7-10-3-4-13-7/h3-4,6H,2,5,9H2,1H3,(H,11,12)/t6-/m1/s1. The van der Waals surface area contributed by atoms with Gasteiger partial charge in [-0.15, -0.1) is 11.3 Å². The zero-order chi connectivity index (χ0) is 9.68. The first-order valence-corrected chi connectivity index (χ1v) is 5.03. The van der Waals surface area contributed by atoms with Crippen molar-refractivity contribution in [2.24, 2.45) is 5.73 Å². The molecule has 1 atom stereocenters. The topological polar surface area (TPSA) is 68.0 Å². The van der Waals surface area contributed by atoms with E-state index >= 15 is 0 Å². The fraction of sp³-hybridized carbons (Fsp3) is 0.500. The number of rotatable bonds is 4. The molecule has 1 aromatic heterocycles. The molecule has 0 aliphatic carbocycles. The molecule has 0 saturated heterocycles. The highest BCUT2D eigenvalue weighted by Gasteiger charge is 2.09. The first-order valence-electron chi connectivity index (χ1n) is 4.15. The summed E-state index contributed by atoms with van der Waals surface area (Å²) in [6.07, 6.45) is 2.37. The second-order valence-electron chi connectivity index (χ2n) is 2.66. The van der Waals surface area contributed by atoms with Gasteiger partial charge in [0, 0.05) is 11.6 Å². The minimum absolute atomic E-state index is 0.113. The molecule has 0 spiro atoms. The van der Waals surface area contributed by atoms with E-state index in [4.69, 9.17) is 5.73 Å². The molecule has 1 heterocycles. The third kappa shape index (κ3) is 3.12. The van der Waals surface area contributed by atoms with Gasteiger partial charge < -0.3 is 11.1 Å². The van der Waals surface area contributed by atoms with Gasteiger partial charge in [0.2, 0.25) is 5.91 Å². The van der Waals surface area contributed by atoms with Crippen molar-refractivity contribution in [2.45, 2.75) is 25.9 Å². The summed E-state index contributed by atoms with van der Waals surface area (Å²) < 4.78 is 0. The molecule has 13 heavy (non-hydrogen) atoms. The minimum Gasteiger partial charge on any atom is -0.348 e. The van der Waals surface area contributed by atoms with Crippen molar-refractivity contribution in [2.75, 3.05) is 0 Å². The predicted octanol–water partition coefficient (Wildman–Crippen LogP) is 0.497. The Morgan fingerprint density at radius 3 is 3.15 bits per heavy atom. The Morgan fingerprint density at radius 2 is 2.62 bits per heavy atom. The molecule has 0 aliphatic rings. The summed E-state index contributed by atoms with van der Waals surface area (Å²) in [5.41, 5.74) is 5.53. The SMILES string of the molecule is CC[C@@H](N)C(=O)NCc1nccs1. The van der Waals surface area contributed by atoms with Gasteiger partial charge in [-0.3, -0.25) is 4.79 Å². The predicted molar refractivity (Wildman–Crippen MR) is 52.2 cm³/mol. The maximum absolute atomic E-state index is 11.2. The zero-order valence-electron chi connectivity index (χ0n) is 7.49. The number of aromatic nitrogens is 1.